The summed E-state index contributed by atoms with van der Waals surface area (Å²) in [5.74, 6) is -1.63. The van der Waals surface area contributed by atoms with E-state index in [0.717, 1.165) is 16.6 Å². The van der Waals surface area contributed by atoms with Crippen LogP contribution in [0.5, 0.6) is 5.75 Å². The first kappa shape index (κ1) is 37.1. The number of alkyl halides is 3. The van der Waals surface area contributed by atoms with Crippen molar-refractivity contribution in [2.24, 2.45) is 5.41 Å². The van der Waals surface area contributed by atoms with Crippen LogP contribution in [0.4, 0.5) is 18.9 Å². The van der Waals surface area contributed by atoms with Crippen LogP contribution in [0.2, 0.25) is 5.02 Å². The van der Waals surface area contributed by atoms with E-state index in [9.17, 15) is 42.7 Å². The van der Waals surface area contributed by atoms with Gasteiger partial charge in [0, 0.05) is 32.4 Å². The summed E-state index contributed by atoms with van der Waals surface area (Å²) in [7, 11) is 0. The summed E-state index contributed by atoms with van der Waals surface area (Å²) in [5.41, 5.74) is -2.95. The lowest BCUT2D eigenvalue weighted by atomic mass is 9.85. The van der Waals surface area contributed by atoms with E-state index in [1.807, 2.05) is 0 Å². The van der Waals surface area contributed by atoms with Crippen LogP contribution in [0.15, 0.2) is 47.4 Å². The number of likely N-dealkylation sites (tertiary alicyclic amines) is 1. The Hall–Kier alpha value is -5.84. The van der Waals surface area contributed by atoms with Crippen molar-refractivity contribution >= 4 is 46.4 Å². The molecule has 56 heavy (non-hydrogen) atoms. The highest BCUT2D eigenvalue weighted by Crippen LogP contribution is 2.43. The zero-order valence-electron chi connectivity index (χ0n) is 29.3. The summed E-state index contributed by atoms with van der Waals surface area (Å²) < 4.78 is 53.8. The molecule has 0 bridgehead atoms. The number of ether oxygens (including phenoxy) is 2. The van der Waals surface area contributed by atoms with Crippen LogP contribution in [-0.4, -0.2) is 96.2 Å². The number of fused-ring (bicyclic) bond motifs is 3. The van der Waals surface area contributed by atoms with E-state index in [-0.39, 0.29) is 104 Å². The van der Waals surface area contributed by atoms with Crippen molar-refractivity contribution in [3.8, 4) is 11.8 Å². The number of nitriles is 1. The molecule has 2 saturated heterocycles. The quantitative estimate of drug-likeness (QED) is 0.291. The first-order chi connectivity index (χ1) is 26.7. The van der Waals surface area contributed by atoms with E-state index >= 15 is 0 Å². The van der Waals surface area contributed by atoms with Crippen LogP contribution in [0.25, 0.3) is 11.4 Å². The van der Waals surface area contributed by atoms with Crippen LogP contribution in [-0.2, 0) is 44.0 Å². The number of aromatic nitrogens is 5. The molecule has 290 valence electrons. The lowest BCUT2D eigenvalue weighted by molar-refractivity contribution is -0.160. The summed E-state index contributed by atoms with van der Waals surface area (Å²) in [6, 6.07) is 7.45. The van der Waals surface area contributed by atoms with Crippen LogP contribution >= 0.6 is 11.6 Å². The van der Waals surface area contributed by atoms with Gasteiger partial charge in [0.25, 0.3) is 11.5 Å². The Morgan fingerprint density at radius 2 is 1.88 bits per heavy atom. The minimum Gasteiger partial charge on any atom is -0.505 e. The second-order valence-corrected chi connectivity index (χ2v) is 14.4. The van der Waals surface area contributed by atoms with Gasteiger partial charge >= 0.3 is 6.18 Å². The van der Waals surface area contributed by atoms with Gasteiger partial charge in [-0.3, -0.25) is 19.2 Å². The Morgan fingerprint density at radius 1 is 1.11 bits per heavy atom. The van der Waals surface area contributed by atoms with Crippen LogP contribution < -0.4 is 10.9 Å². The van der Waals surface area contributed by atoms with Crippen molar-refractivity contribution < 1.29 is 42.1 Å². The van der Waals surface area contributed by atoms with Crippen molar-refractivity contribution in [2.45, 2.75) is 44.2 Å². The van der Waals surface area contributed by atoms with Crippen molar-refractivity contribution in [2.75, 3.05) is 44.7 Å². The van der Waals surface area contributed by atoms with Gasteiger partial charge in [-0.15, -0.1) is 5.10 Å². The number of pyridine rings is 1. The third kappa shape index (κ3) is 6.23. The van der Waals surface area contributed by atoms with Gasteiger partial charge in [-0.2, -0.15) is 27.9 Å². The highest BCUT2D eigenvalue weighted by Gasteiger charge is 2.50. The number of piperidine rings is 1. The smallest absolute Gasteiger partial charge is 0.416 e. The molecule has 20 heteroatoms. The van der Waals surface area contributed by atoms with Gasteiger partial charge in [-0.25, -0.2) is 4.98 Å². The van der Waals surface area contributed by atoms with E-state index in [1.165, 1.54) is 27.8 Å². The van der Waals surface area contributed by atoms with E-state index in [4.69, 9.17) is 21.1 Å². The molecule has 1 spiro atoms. The summed E-state index contributed by atoms with van der Waals surface area (Å²) in [6.45, 7) is 0.153. The number of benzene rings is 1. The third-order valence-electron chi connectivity index (χ3n) is 10.6. The Kier molecular flexibility index (Phi) is 9.09. The van der Waals surface area contributed by atoms with Gasteiger partial charge in [0.15, 0.2) is 16.9 Å². The van der Waals surface area contributed by atoms with Crippen molar-refractivity contribution in [3.63, 3.8) is 0 Å². The minimum absolute atomic E-state index is 0.00855. The number of amides is 3. The van der Waals surface area contributed by atoms with Gasteiger partial charge in [-0.1, -0.05) is 17.7 Å². The summed E-state index contributed by atoms with van der Waals surface area (Å²) in [5, 5.41) is 26.6. The van der Waals surface area contributed by atoms with Gasteiger partial charge in [-0.05, 0) is 55.2 Å². The number of nitrogens with zero attached hydrogens (tertiary/aromatic N) is 8. The predicted molar refractivity (Wildman–Crippen MR) is 188 cm³/mol. The highest BCUT2D eigenvalue weighted by molar-refractivity contribution is 6.33. The second kappa shape index (κ2) is 13.7. The molecule has 7 heterocycles. The molecular weight excluding hydrogens is 763 g/mol. The zero-order valence-corrected chi connectivity index (χ0v) is 30.1. The molecule has 0 aliphatic carbocycles. The molecule has 0 saturated carbocycles. The summed E-state index contributed by atoms with van der Waals surface area (Å²) in [4.78, 5) is 66.1. The van der Waals surface area contributed by atoms with Crippen LogP contribution in [0.3, 0.4) is 0 Å². The monoisotopic (exact) mass is 793 g/mol. The van der Waals surface area contributed by atoms with Crippen molar-refractivity contribution in [1.29, 1.82) is 5.26 Å². The number of anilines is 1. The van der Waals surface area contributed by atoms with Gasteiger partial charge in [0.2, 0.25) is 17.6 Å². The maximum absolute atomic E-state index is 14.4. The molecule has 0 unspecified atom stereocenters. The molecule has 2 fully saturated rings. The third-order valence-corrected chi connectivity index (χ3v) is 10.9. The molecule has 4 aliphatic heterocycles. The molecule has 4 aliphatic rings. The fourth-order valence-electron chi connectivity index (χ4n) is 7.49. The van der Waals surface area contributed by atoms with Gasteiger partial charge in [0.1, 0.15) is 17.9 Å². The first-order valence-corrected chi connectivity index (χ1v) is 17.9. The average molecular weight is 794 g/mol. The van der Waals surface area contributed by atoms with E-state index < -0.39 is 46.7 Å². The highest BCUT2D eigenvalue weighted by atomic mass is 35.5. The molecule has 8 rings (SSSR count). The molecule has 1 aromatic carbocycles. The number of hydrogen-bond donors (Lipinski definition) is 2. The Morgan fingerprint density at radius 3 is 2.50 bits per heavy atom. The zero-order chi connectivity index (χ0) is 39.6. The summed E-state index contributed by atoms with van der Waals surface area (Å²) >= 11 is 6.13. The number of carbonyl (C=O) groups is 3. The fourth-order valence-corrected chi connectivity index (χ4v) is 7.72. The maximum atomic E-state index is 14.4. The molecule has 3 amide bonds. The van der Waals surface area contributed by atoms with E-state index in [2.05, 4.69) is 26.5 Å². The Labute approximate surface area is 319 Å². The Bertz CT molecular complexity index is 2450. The number of halogens is 4. The average Bonchev–Trinajstić information content (AvgIpc) is 3.77. The lowest BCUT2D eigenvalue weighted by Crippen LogP contribution is -2.55. The first-order valence-electron chi connectivity index (χ1n) is 17.5. The lowest BCUT2D eigenvalue weighted by Gasteiger charge is -2.38. The van der Waals surface area contributed by atoms with E-state index in [1.54, 1.807) is 11.0 Å². The molecule has 16 nitrogen and oxygen atoms in total. The van der Waals surface area contributed by atoms with Crippen molar-refractivity contribution in [3.05, 3.63) is 86.3 Å². The SMILES string of the molecule is N#CC1(C(=O)N2CC=C(c3nc4n(CC(=O)Nc5ccc(C(F)(F)F)cc5Cl)c5c(c(=O)n4n3)C3(CCN(C(=O)c4ncccc4O)CC3)OC5)CC2)COC1. The number of rotatable bonds is 6. The van der Waals surface area contributed by atoms with Gasteiger partial charge < -0.3 is 34.3 Å². The minimum atomic E-state index is -4.65. The molecular formula is C36H31ClF3N9O7. The van der Waals surface area contributed by atoms with Crippen LogP contribution in [0.1, 0.15) is 52.4 Å². The number of aromatic hydroxyl groups is 1. The Balaban J connectivity index is 1.13. The number of nitrogens with one attached hydrogen (secondary N) is 1. The molecule has 2 N–H and O–H groups in total. The molecule has 0 atom stereocenters. The topological polar surface area (TPSA) is 197 Å². The van der Waals surface area contributed by atoms with E-state index in [0.29, 0.717) is 23.8 Å². The van der Waals surface area contributed by atoms with Crippen LogP contribution in [0, 0.1) is 16.7 Å². The molecule has 3 aromatic heterocycles. The molecule has 4 aromatic rings. The van der Waals surface area contributed by atoms with Gasteiger partial charge in [0.05, 0.1) is 53.4 Å². The predicted octanol–water partition coefficient (Wildman–Crippen LogP) is 3.12. The van der Waals surface area contributed by atoms with Crippen molar-refractivity contribution in [1.82, 2.24) is 33.9 Å². The number of hydrogen-bond acceptors (Lipinski definition) is 11. The standard InChI is InChI=1S/C36H31ClF3N9O7/c37-22-14-21(36(38,39)40)3-4-23(22)43-26(51)15-48-24-16-56-35(7-12-46(13-8-35)31(53)28-25(50)2-1-9-42-28)27(24)30(52)49-33(48)44-29(45-49)20-5-10-47(11-6-20)32(54)34(17-41)18-55-19-34/h1-5,9,14,50H,6-8,10-13,15-16,18-19H2,(H,43,51). The normalized spacial score (nSPS) is 18.6. The largest absolute Gasteiger partial charge is 0.505 e. The second-order valence-electron chi connectivity index (χ2n) is 14.0. The maximum Gasteiger partial charge on any atom is 0.416 e. The molecule has 0 radical (unpaired) electrons. The number of carbonyl (C=O) groups excluding carboxylic acids is 3. The fraction of sp³-hybridized carbons (Fsp3) is 0.389. The summed E-state index contributed by atoms with van der Waals surface area (Å²) in [6.07, 6.45) is -0.860.